The first-order valence-corrected chi connectivity index (χ1v) is 9.91. The number of piperidine rings is 1. The van der Waals surface area contributed by atoms with Gasteiger partial charge in [0.15, 0.2) is 11.5 Å². The number of amides is 1. The van der Waals surface area contributed by atoms with Crippen molar-refractivity contribution in [2.75, 3.05) is 34.4 Å². The zero-order chi connectivity index (χ0) is 20.3. The lowest BCUT2D eigenvalue weighted by atomic mass is 9.81. The normalized spacial score (nSPS) is 24.1. The quantitative estimate of drug-likeness (QED) is 0.829. The summed E-state index contributed by atoms with van der Waals surface area (Å²) in [5.41, 5.74) is 0.128. The third-order valence-corrected chi connectivity index (χ3v) is 5.91. The fraction of sp³-hybridized carbons (Fsp3) is 0.667. The number of hydrogen-bond acceptors (Lipinski definition) is 6. The van der Waals surface area contributed by atoms with Gasteiger partial charge < -0.3 is 29.0 Å². The molecule has 2 atom stereocenters. The molecular formula is C21H31NO6. The summed E-state index contributed by atoms with van der Waals surface area (Å²) in [5.74, 6) is 1.20. The van der Waals surface area contributed by atoms with Gasteiger partial charge in [0, 0.05) is 19.5 Å². The summed E-state index contributed by atoms with van der Waals surface area (Å²) in [6.45, 7) is 3.25. The van der Waals surface area contributed by atoms with Crippen molar-refractivity contribution in [2.24, 2.45) is 0 Å². The Morgan fingerprint density at radius 1 is 1.18 bits per heavy atom. The van der Waals surface area contributed by atoms with Crippen molar-refractivity contribution in [1.29, 1.82) is 0 Å². The molecule has 7 heteroatoms. The smallest absolute Gasteiger partial charge is 0.257 e. The largest absolute Gasteiger partial charge is 0.493 e. The van der Waals surface area contributed by atoms with Crippen LogP contribution in [0.4, 0.5) is 0 Å². The first-order valence-electron chi connectivity index (χ1n) is 9.91. The van der Waals surface area contributed by atoms with Crippen molar-refractivity contribution in [1.82, 2.24) is 4.90 Å². The van der Waals surface area contributed by atoms with Crippen LogP contribution < -0.4 is 14.2 Å². The zero-order valence-electron chi connectivity index (χ0n) is 17.2. The predicted octanol–water partition coefficient (Wildman–Crippen LogP) is 2.64. The Labute approximate surface area is 166 Å². The van der Waals surface area contributed by atoms with Crippen molar-refractivity contribution >= 4 is 5.91 Å². The second kappa shape index (κ2) is 8.57. The maximum atomic E-state index is 13.2. The van der Waals surface area contributed by atoms with Crippen LogP contribution in [-0.2, 0) is 4.74 Å². The molecule has 1 aromatic rings. The minimum Gasteiger partial charge on any atom is -0.493 e. The first kappa shape index (κ1) is 20.7. The van der Waals surface area contributed by atoms with Crippen molar-refractivity contribution in [2.45, 2.75) is 56.8 Å². The molecule has 28 heavy (non-hydrogen) atoms. The van der Waals surface area contributed by atoms with Gasteiger partial charge in [0.2, 0.25) is 5.75 Å². The monoisotopic (exact) mass is 393 g/mol. The van der Waals surface area contributed by atoms with Crippen molar-refractivity contribution < 1.29 is 28.8 Å². The number of ether oxygens (including phenoxy) is 4. The van der Waals surface area contributed by atoms with Crippen LogP contribution in [0, 0.1) is 0 Å². The molecule has 0 radical (unpaired) electrons. The number of rotatable bonds is 5. The second-order valence-corrected chi connectivity index (χ2v) is 7.60. The molecule has 1 N–H and O–H groups in total. The van der Waals surface area contributed by atoms with Gasteiger partial charge >= 0.3 is 0 Å². The lowest BCUT2D eigenvalue weighted by Gasteiger charge is -2.47. The van der Waals surface area contributed by atoms with Gasteiger partial charge in [-0.1, -0.05) is 6.92 Å². The average Bonchev–Trinajstić information content (AvgIpc) is 2.71. The summed E-state index contributed by atoms with van der Waals surface area (Å²) in [5, 5.41) is 10.3. The molecular weight excluding hydrogens is 362 g/mol. The summed E-state index contributed by atoms with van der Waals surface area (Å²) in [6.07, 6.45) is 3.45. The van der Waals surface area contributed by atoms with E-state index in [0.29, 0.717) is 48.7 Å². The molecule has 156 valence electrons. The molecule has 0 aliphatic carbocycles. The number of carbonyl (C=O) groups is 1. The summed E-state index contributed by atoms with van der Waals surface area (Å²) in [7, 11) is 4.58. The molecule has 1 aromatic carbocycles. The lowest BCUT2D eigenvalue weighted by Crippen LogP contribution is -2.53. The van der Waals surface area contributed by atoms with E-state index in [9.17, 15) is 9.90 Å². The molecule has 7 nitrogen and oxygen atoms in total. The Morgan fingerprint density at radius 2 is 1.86 bits per heavy atom. The van der Waals surface area contributed by atoms with E-state index in [4.69, 9.17) is 18.9 Å². The fourth-order valence-corrected chi connectivity index (χ4v) is 4.40. The van der Waals surface area contributed by atoms with Crippen LogP contribution in [0.15, 0.2) is 12.1 Å². The van der Waals surface area contributed by atoms with Gasteiger partial charge in [0.05, 0.1) is 44.7 Å². The highest BCUT2D eigenvalue weighted by Gasteiger charge is 2.43. The molecule has 0 bridgehead atoms. The summed E-state index contributed by atoms with van der Waals surface area (Å²) in [6, 6.07) is 3.42. The molecule has 1 amide bonds. The number of likely N-dealkylation sites (tertiary alicyclic amines) is 1. The zero-order valence-corrected chi connectivity index (χ0v) is 17.2. The minimum absolute atomic E-state index is 0.0944. The van der Waals surface area contributed by atoms with Gasteiger partial charge in [-0.2, -0.15) is 0 Å². The second-order valence-electron chi connectivity index (χ2n) is 7.60. The Hall–Kier alpha value is -1.99. The minimum atomic E-state index is -0.327. The molecule has 3 rings (SSSR count). The predicted molar refractivity (Wildman–Crippen MR) is 104 cm³/mol. The lowest BCUT2D eigenvalue weighted by molar-refractivity contribution is -0.179. The van der Waals surface area contributed by atoms with E-state index in [-0.39, 0.29) is 23.7 Å². The van der Waals surface area contributed by atoms with Crippen molar-refractivity contribution in [3.8, 4) is 17.2 Å². The highest BCUT2D eigenvalue weighted by Crippen LogP contribution is 2.42. The molecule has 1 spiro atoms. The maximum absolute atomic E-state index is 13.2. The van der Waals surface area contributed by atoms with Gasteiger partial charge in [-0.25, -0.2) is 0 Å². The Bertz CT molecular complexity index is 698. The standard InChI is InChI=1S/C21H31NO6/c1-5-15-12-14(23)13-21(28-15)8-10-22(11-9-21)20(24)16-6-7-17(25-2)19(27-4)18(16)26-3/h6-7,14-15,23H,5,8-13H2,1-4H3/t14-,15+/m1/s1. The molecule has 0 aromatic heterocycles. The highest BCUT2D eigenvalue weighted by molar-refractivity contribution is 5.98. The number of aliphatic hydroxyl groups is 1. The number of methoxy groups -OCH3 is 3. The number of hydrogen-bond donors (Lipinski definition) is 1. The Balaban J connectivity index is 1.75. The molecule has 2 aliphatic rings. The van der Waals surface area contributed by atoms with E-state index in [2.05, 4.69) is 6.92 Å². The van der Waals surface area contributed by atoms with Gasteiger partial charge in [0.25, 0.3) is 5.91 Å². The van der Waals surface area contributed by atoms with Crippen LogP contribution in [0.2, 0.25) is 0 Å². The van der Waals surface area contributed by atoms with E-state index in [1.807, 2.05) is 4.90 Å². The number of nitrogens with zero attached hydrogens (tertiary/aromatic N) is 1. The van der Waals surface area contributed by atoms with Gasteiger partial charge in [-0.15, -0.1) is 0 Å². The maximum Gasteiger partial charge on any atom is 0.257 e. The fourth-order valence-electron chi connectivity index (χ4n) is 4.40. The molecule has 0 unspecified atom stereocenters. The number of carbonyl (C=O) groups excluding carboxylic acids is 1. The van der Waals surface area contributed by atoms with E-state index >= 15 is 0 Å². The topological polar surface area (TPSA) is 77.5 Å². The van der Waals surface area contributed by atoms with E-state index in [1.54, 1.807) is 19.2 Å². The van der Waals surface area contributed by atoms with Crippen molar-refractivity contribution in [3.05, 3.63) is 17.7 Å². The van der Waals surface area contributed by atoms with Crippen LogP contribution in [0.3, 0.4) is 0 Å². The summed E-state index contributed by atoms with van der Waals surface area (Å²) in [4.78, 5) is 15.0. The average molecular weight is 393 g/mol. The summed E-state index contributed by atoms with van der Waals surface area (Å²) < 4.78 is 22.5. The van der Waals surface area contributed by atoms with E-state index in [1.165, 1.54) is 14.2 Å². The van der Waals surface area contributed by atoms with E-state index < -0.39 is 0 Å². The first-order chi connectivity index (χ1) is 13.5. The van der Waals surface area contributed by atoms with Gasteiger partial charge in [-0.05, 0) is 37.8 Å². The van der Waals surface area contributed by atoms with Crippen LogP contribution in [0.5, 0.6) is 17.2 Å². The molecule has 2 saturated heterocycles. The number of aliphatic hydroxyl groups excluding tert-OH is 1. The van der Waals surface area contributed by atoms with Gasteiger partial charge in [-0.3, -0.25) is 4.79 Å². The number of benzene rings is 1. The van der Waals surface area contributed by atoms with Crippen LogP contribution in [-0.4, -0.2) is 68.1 Å². The van der Waals surface area contributed by atoms with Crippen LogP contribution in [0.25, 0.3) is 0 Å². The highest BCUT2D eigenvalue weighted by atomic mass is 16.5. The molecule has 2 aliphatic heterocycles. The Morgan fingerprint density at radius 3 is 2.43 bits per heavy atom. The summed E-state index contributed by atoms with van der Waals surface area (Å²) >= 11 is 0. The van der Waals surface area contributed by atoms with E-state index in [0.717, 1.165) is 19.3 Å². The van der Waals surface area contributed by atoms with Crippen LogP contribution in [0.1, 0.15) is 49.4 Å². The van der Waals surface area contributed by atoms with Gasteiger partial charge in [0.1, 0.15) is 0 Å². The molecule has 0 saturated carbocycles. The third kappa shape index (κ3) is 3.91. The SMILES string of the molecule is CC[C@H]1C[C@@H](O)CC2(CCN(C(=O)c3ccc(OC)c(OC)c3OC)CC2)O1. The van der Waals surface area contributed by atoms with Crippen LogP contribution >= 0.6 is 0 Å². The molecule has 2 heterocycles. The molecule has 2 fully saturated rings. The Kier molecular flexibility index (Phi) is 6.35. The van der Waals surface area contributed by atoms with Crippen molar-refractivity contribution in [3.63, 3.8) is 0 Å². The third-order valence-electron chi connectivity index (χ3n) is 5.91.